The lowest BCUT2D eigenvalue weighted by Crippen LogP contribution is -2.03. The van der Waals surface area contributed by atoms with Gasteiger partial charge in [-0.1, -0.05) is 36.4 Å². The molecule has 162 valence electrons. The molecule has 6 nitrogen and oxygen atoms in total. The highest BCUT2D eigenvalue weighted by Gasteiger charge is 2.20. The Labute approximate surface area is 195 Å². The highest BCUT2D eigenvalue weighted by Crippen LogP contribution is 2.39. The molecule has 0 saturated heterocycles. The standard InChI is InChI=1S/C28H20N6/c1-17-27(31-13-11-29-17)33-23-9-5-3-7-19(23)21-15-22-20-8-4-6-10-24(20)34(26(22)16-25(21)33)28-18(2)30-12-14-32-28/h3-16H,1-2H3. The second-order valence-electron chi connectivity index (χ2n) is 8.52. The highest BCUT2D eigenvalue weighted by molar-refractivity contribution is 6.19. The summed E-state index contributed by atoms with van der Waals surface area (Å²) >= 11 is 0. The molecule has 3 aromatic carbocycles. The number of hydrogen-bond acceptors (Lipinski definition) is 4. The van der Waals surface area contributed by atoms with Crippen LogP contribution < -0.4 is 0 Å². The average molecular weight is 441 g/mol. The first-order valence-electron chi connectivity index (χ1n) is 11.2. The topological polar surface area (TPSA) is 61.4 Å². The van der Waals surface area contributed by atoms with E-state index < -0.39 is 0 Å². The first-order valence-corrected chi connectivity index (χ1v) is 11.2. The normalized spacial score (nSPS) is 11.8. The summed E-state index contributed by atoms with van der Waals surface area (Å²) in [5, 5.41) is 4.76. The van der Waals surface area contributed by atoms with Gasteiger partial charge in [0.25, 0.3) is 0 Å². The summed E-state index contributed by atoms with van der Waals surface area (Å²) in [5.74, 6) is 1.68. The molecular formula is C28H20N6. The Morgan fingerprint density at radius 3 is 1.38 bits per heavy atom. The van der Waals surface area contributed by atoms with Crippen LogP contribution in [0, 0.1) is 13.8 Å². The quantitative estimate of drug-likeness (QED) is 0.327. The van der Waals surface area contributed by atoms with Gasteiger partial charge in [-0.15, -0.1) is 0 Å². The summed E-state index contributed by atoms with van der Waals surface area (Å²) in [6.45, 7) is 4.00. The predicted octanol–water partition coefficient (Wildman–Crippen LogP) is 6.08. The van der Waals surface area contributed by atoms with E-state index in [2.05, 4.69) is 79.8 Å². The molecule has 6 heteroatoms. The zero-order chi connectivity index (χ0) is 22.8. The van der Waals surface area contributed by atoms with Gasteiger partial charge >= 0.3 is 0 Å². The van der Waals surface area contributed by atoms with Crippen molar-refractivity contribution in [1.29, 1.82) is 0 Å². The van der Waals surface area contributed by atoms with Crippen molar-refractivity contribution in [3.05, 3.63) is 96.8 Å². The van der Waals surface area contributed by atoms with Gasteiger partial charge in [-0.25, -0.2) is 9.97 Å². The number of aryl methyl sites for hydroxylation is 2. The Bertz CT molecular complexity index is 1760. The van der Waals surface area contributed by atoms with Crippen molar-refractivity contribution in [2.24, 2.45) is 0 Å². The molecular weight excluding hydrogens is 420 g/mol. The third-order valence-corrected chi connectivity index (χ3v) is 6.60. The average Bonchev–Trinajstić information content (AvgIpc) is 3.36. The van der Waals surface area contributed by atoms with Gasteiger partial charge in [-0.3, -0.25) is 19.1 Å². The van der Waals surface area contributed by atoms with Gasteiger partial charge in [-0.2, -0.15) is 0 Å². The zero-order valence-electron chi connectivity index (χ0n) is 18.8. The minimum atomic E-state index is 0.839. The van der Waals surface area contributed by atoms with Gasteiger partial charge in [0, 0.05) is 46.3 Å². The van der Waals surface area contributed by atoms with Crippen LogP contribution in [0.25, 0.3) is 55.2 Å². The lowest BCUT2D eigenvalue weighted by atomic mass is 10.1. The molecule has 0 amide bonds. The van der Waals surface area contributed by atoms with E-state index in [0.717, 1.165) is 45.1 Å². The maximum absolute atomic E-state index is 4.71. The molecule has 4 heterocycles. The van der Waals surface area contributed by atoms with Crippen molar-refractivity contribution >= 4 is 43.6 Å². The Balaban J connectivity index is 1.72. The highest BCUT2D eigenvalue weighted by atomic mass is 15.1. The van der Waals surface area contributed by atoms with Crippen molar-refractivity contribution in [2.45, 2.75) is 13.8 Å². The van der Waals surface area contributed by atoms with Gasteiger partial charge in [0.05, 0.1) is 33.5 Å². The Morgan fingerprint density at radius 2 is 0.912 bits per heavy atom. The van der Waals surface area contributed by atoms with E-state index in [4.69, 9.17) is 9.97 Å². The van der Waals surface area contributed by atoms with Gasteiger partial charge in [0.1, 0.15) is 0 Å². The van der Waals surface area contributed by atoms with Crippen molar-refractivity contribution in [1.82, 2.24) is 29.1 Å². The molecule has 0 fully saturated rings. The number of aromatic nitrogens is 6. The second-order valence-corrected chi connectivity index (χ2v) is 8.52. The van der Waals surface area contributed by atoms with Gasteiger partial charge in [-0.05, 0) is 38.1 Å². The van der Waals surface area contributed by atoms with Crippen LogP contribution in [0.5, 0.6) is 0 Å². The molecule has 0 spiro atoms. The smallest absolute Gasteiger partial charge is 0.159 e. The first-order chi connectivity index (χ1) is 16.7. The van der Waals surface area contributed by atoms with Crippen molar-refractivity contribution < 1.29 is 0 Å². The molecule has 0 saturated carbocycles. The number of nitrogens with zero attached hydrogens (tertiary/aromatic N) is 6. The molecule has 4 aromatic heterocycles. The molecule has 0 aliphatic carbocycles. The summed E-state index contributed by atoms with van der Waals surface area (Å²) in [5.41, 5.74) is 6.16. The van der Waals surface area contributed by atoms with Gasteiger partial charge in [0.15, 0.2) is 11.6 Å². The van der Waals surface area contributed by atoms with E-state index in [9.17, 15) is 0 Å². The number of rotatable bonds is 2. The van der Waals surface area contributed by atoms with Crippen LogP contribution in [-0.2, 0) is 0 Å². The van der Waals surface area contributed by atoms with Crippen LogP contribution in [0.3, 0.4) is 0 Å². The van der Waals surface area contributed by atoms with Crippen LogP contribution in [-0.4, -0.2) is 29.1 Å². The molecule has 0 unspecified atom stereocenters. The summed E-state index contributed by atoms with van der Waals surface area (Å²) in [6.07, 6.45) is 6.97. The van der Waals surface area contributed by atoms with Crippen molar-refractivity contribution in [2.75, 3.05) is 0 Å². The molecule has 0 N–H and O–H groups in total. The van der Waals surface area contributed by atoms with Crippen LogP contribution in [0.1, 0.15) is 11.4 Å². The summed E-state index contributed by atoms with van der Waals surface area (Å²) < 4.78 is 4.44. The van der Waals surface area contributed by atoms with Crippen LogP contribution in [0.15, 0.2) is 85.5 Å². The van der Waals surface area contributed by atoms with Crippen LogP contribution >= 0.6 is 0 Å². The summed E-state index contributed by atoms with van der Waals surface area (Å²) in [6, 6.07) is 21.5. The molecule has 34 heavy (non-hydrogen) atoms. The van der Waals surface area contributed by atoms with Crippen molar-refractivity contribution in [3.63, 3.8) is 0 Å². The first kappa shape index (κ1) is 18.9. The molecule has 0 radical (unpaired) electrons. The molecule has 0 aliphatic heterocycles. The fourth-order valence-corrected chi connectivity index (χ4v) is 5.13. The summed E-state index contributed by atoms with van der Waals surface area (Å²) in [7, 11) is 0. The third kappa shape index (κ3) is 2.50. The van der Waals surface area contributed by atoms with Crippen LogP contribution in [0.4, 0.5) is 0 Å². The van der Waals surface area contributed by atoms with E-state index in [1.807, 2.05) is 13.8 Å². The van der Waals surface area contributed by atoms with E-state index in [-0.39, 0.29) is 0 Å². The summed E-state index contributed by atoms with van der Waals surface area (Å²) in [4.78, 5) is 18.5. The largest absolute Gasteiger partial charge is 0.292 e. The number of hydrogen-bond donors (Lipinski definition) is 0. The van der Waals surface area contributed by atoms with E-state index in [0.29, 0.717) is 0 Å². The van der Waals surface area contributed by atoms with E-state index >= 15 is 0 Å². The third-order valence-electron chi connectivity index (χ3n) is 6.60. The zero-order valence-corrected chi connectivity index (χ0v) is 18.8. The lowest BCUT2D eigenvalue weighted by Gasteiger charge is -2.10. The maximum atomic E-state index is 4.71. The minimum absolute atomic E-state index is 0.839. The molecule has 0 atom stereocenters. The Hall–Kier alpha value is -4.58. The van der Waals surface area contributed by atoms with Crippen molar-refractivity contribution in [3.8, 4) is 11.6 Å². The fourth-order valence-electron chi connectivity index (χ4n) is 5.13. The SMILES string of the molecule is Cc1nccnc1-n1c2ccccc2c2cc3c4ccccc4n(-c4nccnc4C)c3cc21. The number of para-hydroxylation sites is 2. The van der Waals surface area contributed by atoms with Gasteiger partial charge in [0.2, 0.25) is 0 Å². The van der Waals surface area contributed by atoms with E-state index in [1.165, 1.54) is 21.5 Å². The molecule has 0 aliphatic rings. The van der Waals surface area contributed by atoms with E-state index in [1.54, 1.807) is 24.8 Å². The Morgan fingerprint density at radius 1 is 0.471 bits per heavy atom. The fraction of sp³-hybridized carbons (Fsp3) is 0.0714. The maximum Gasteiger partial charge on any atom is 0.159 e. The monoisotopic (exact) mass is 440 g/mol. The second kappa shape index (κ2) is 6.96. The predicted molar refractivity (Wildman–Crippen MR) is 136 cm³/mol. The minimum Gasteiger partial charge on any atom is -0.292 e. The number of benzene rings is 3. The van der Waals surface area contributed by atoms with Crippen LogP contribution in [0.2, 0.25) is 0 Å². The Kier molecular flexibility index (Phi) is 3.88. The van der Waals surface area contributed by atoms with Gasteiger partial charge < -0.3 is 0 Å². The lowest BCUT2D eigenvalue weighted by molar-refractivity contribution is 0.991. The molecule has 0 bridgehead atoms. The molecule has 7 rings (SSSR count). The number of fused-ring (bicyclic) bond motifs is 6. The molecule has 7 aromatic rings.